The Morgan fingerprint density at radius 2 is 1.84 bits per heavy atom. The summed E-state index contributed by atoms with van der Waals surface area (Å²) in [6, 6.07) is 11.8. The van der Waals surface area contributed by atoms with E-state index in [0.717, 1.165) is 11.1 Å². The average molecular weight is 275 g/mol. The normalized spacial score (nSPS) is 11.3. The number of amides is 1. The van der Waals surface area contributed by atoms with Gasteiger partial charge in [0, 0.05) is 5.56 Å². The molecule has 1 aromatic carbocycles. The second kappa shape index (κ2) is 5.55. The lowest BCUT2D eigenvalue weighted by Crippen LogP contribution is -2.33. The van der Waals surface area contributed by atoms with E-state index in [-0.39, 0.29) is 5.91 Å². The van der Waals surface area contributed by atoms with E-state index >= 15 is 0 Å². The molecule has 0 saturated carbocycles. The Bertz CT molecular complexity index is 555. The van der Waals surface area contributed by atoms with Crippen molar-refractivity contribution in [1.82, 2.24) is 5.48 Å². The first-order valence-electron chi connectivity index (χ1n) is 6.08. The summed E-state index contributed by atoms with van der Waals surface area (Å²) in [5, 5.41) is 1.91. The molecule has 2 aromatic rings. The summed E-state index contributed by atoms with van der Waals surface area (Å²) in [7, 11) is 0. The second-order valence-electron chi connectivity index (χ2n) is 5.18. The summed E-state index contributed by atoms with van der Waals surface area (Å²) in [4.78, 5) is 18.1. The molecule has 3 nitrogen and oxygen atoms in total. The highest BCUT2D eigenvalue weighted by molar-refractivity contribution is 7.12. The molecular formula is C15H17NO2S. The van der Waals surface area contributed by atoms with E-state index < -0.39 is 5.60 Å². The summed E-state index contributed by atoms with van der Waals surface area (Å²) in [6.45, 7) is 5.67. The average Bonchev–Trinajstić information content (AvgIpc) is 2.85. The monoisotopic (exact) mass is 275 g/mol. The van der Waals surface area contributed by atoms with E-state index in [1.165, 1.54) is 11.3 Å². The van der Waals surface area contributed by atoms with Crippen molar-refractivity contribution in [2.24, 2.45) is 0 Å². The molecule has 0 radical (unpaired) electrons. The molecule has 19 heavy (non-hydrogen) atoms. The zero-order valence-electron chi connectivity index (χ0n) is 11.3. The van der Waals surface area contributed by atoms with Gasteiger partial charge >= 0.3 is 0 Å². The predicted molar refractivity (Wildman–Crippen MR) is 78.1 cm³/mol. The van der Waals surface area contributed by atoms with Crippen molar-refractivity contribution >= 4 is 17.2 Å². The Kier molecular flexibility index (Phi) is 4.02. The molecule has 0 aliphatic carbocycles. The van der Waals surface area contributed by atoms with Gasteiger partial charge in [-0.15, -0.1) is 11.3 Å². The van der Waals surface area contributed by atoms with Crippen LogP contribution in [0, 0.1) is 0 Å². The van der Waals surface area contributed by atoms with E-state index in [1.807, 2.05) is 62.5 Å². The minimum Gasteiger partial charge on any atom is -0.268 e. The van der Waals surface area contributed by atoms with Gasteiger partial charge in [-0.05, 0) is 37.8 Å². The first-order valence-corrected chi connectivity index (χ1v) is 6.96. The van der Waals surface area contributed by atoms with Crippen LogP contribution in [0.2, 0.25) is 0 Å². The van der Waals surface area contributed by atoms with Crippen molar-refractivity contribution in [2.45, 2.75) is 26.4 Å². The number of hydrogen-bond donors (Lipinski definition) is 1. The number of rotatable bonds is 3. The summed E-state index contributed by atoms with van der Waals surface area (Å²) in [6.07, 6.45) is 0. The minimum absolute atomic E-state index is 0.205. The number of hydrogen-bond acceptors (Lipinski definition) is 3. The first kappa shape index (κ1) is 13.8. The van der Waals surface area contributed by atoms with Gasteiger partial charge in [-0.25, -0.2) is 5.48 Å². The Hall–Kier alpha value is -1.65. The molecule has 2 rings (SSSR count). The molecule has 4 heteroatoms. The fraction of sp³-hybridized carbons (Fsp3) is 0.267. The number of carbonyl (C=O) groups is 1. The largest absolute Gasteiger partial charge is 0.285 e. The molecule has 0 spiro atoms. The van der Waals surface area contributed by atoms with E-state index in [0.29, 0.717) is 4.88 Å². The van der Waals surface area contributed by atoms with Crippen LogP contribution in [-0.4, -0.2) is 11.5 Å². The van der Waals surface area contributed by atoms with Crippen molar-refractivity contribution in [2.75, 3.05) is 0 Å². The lowest BCUT2D eigenvalue weighted by molar-refractivity contribution is -0.0587. The molecule has 1 N–H and O–H groups in total. The van der Waals surface area contributed by atoms with Gasteiger partial charge in [-0.2, -0.15) is 0 Å². The van der Waals surface area contributed by atoms with Crippen LogP contribution in [0.25, 0.3) is 11.1 Å². The Morgan fingerprint density at radius 3 is 2.47 bits per heavy atom. The Morgan fingerprint density at radius 1 is 1.16 bits per heavy atom. The summed E-state index contributed by atoms with van der Waals surface area (Å²) in [5.41, 5.74) is 4.07. The Labute approximate surface area is 117 Å². The standard InChI is InChI=1S/C15H17NO2S/c1-15(2,3)18-16-14(17)13-12(9-10-19-13)11-7-5-4-6-8-11/h4-10H,1-3H3,(H,16,17). The van der Waals surface area contributed by atoms with Gasteiger partial charge in [-0.1, -0.05) is 30.3 Å². The van der Waals surface area contributed by atoms with E-state index in [1.54, 1.807) is 0 Å². The molecule has 1 heterocycles. The molecule has 0 atom stereocenters. The predicted octanol–water partition coefficient (Wildman–Crippen LogP) is 3.88. The maximum Gasteiger partial charge on any atom is 0.285 e. The number of hydroxylamine groups is 1. The van der Waals surface area contributed by atoms with Crippen molar-refractivity contribution in [3.05, 3.63) is 46.7 Å². The molecule has 100 valence electrons. The number of thiophene rings is 1. The Balaban J connectivity index is 2.18. The fourth-order valence-electron chi connectivity index (χ4n) is 1.58. The topological polar surface area (TPSA) is 38.3 Å². The van der Waals surface area contributed by atoms with Crippen LogP contribution in [0.3, 0.4) is 0 Å². The lowest BCUT2D eigenvalue weighted by Gasteiger charge is -2.18. The number of carbonyl (C=O) groups excluding carboxylic acids is 1. The lowest BCUT2D eigenvalue weighted by atomic mass is 10.1. The first-order chi connectivity index (χ1) is 8.97. The molecule has 1 amide bonds. The highest BCUT2D eigenvalue weighted by atomic mass is 32.1. The number of nitrogens with one attached hydrogen (secondary N) is 1. The number of benzene rings is 1. The molecular weight excluding hydrogens is 258 g/mol. The van der Waals surface area contributed by atoms with Crippen LogP contribution in [-0.2, 0) is 4.84 Å². The zero-order chi connectivity index (χ0) is 13.9. The molecule has 0 aliphatic rings. The van der Waals surface area contributed by atoms with Crippen LogP contribution >= 0.6 is 11.3 Å². The van der Waals surface area contributed by atoms with E-state index in [2.05, 4.69) is 5.48 Å². The summed E-state index contributed by atoms with van der Waals surface area (Å²) >= 11 is 1.41. The van der Waals surface area contributed by atoms with Gasteiger partial charge in [0.2, 0.25) is 0 Å². The zero-order valence-corrected chi connectivity index (χ0v) is 12.1. The van der Waals surface area contributed by atoms with Gasteiger partial charge in [0.15, 0.2) is 0 Å². The molecule has 0 unspecified atom stereocenters. The molecule has 0 saturated heterocycles. The molecule has 1 aromatic heterocycles. The van der Waals surface area contributed by atoms with Crippen LogP contribution < -0.4 is 5.48 Å². The molecule has 0 fully saturated rings. The fourth-order valence-corrected chi connectivity index (χ4v) is 2.38. The highest BCUT2D eigenvalue weighted by Gasteiger charge is 2.18. The van der Waals surface area contributed by atoms with Gasteiger partial charge in [-0.3, -0.25) is 9.63 Å². The van der Waals surface area contributed by atoms with Gasteiger partial charge in [0.05, 0.1) is 5.60 Å². The van der Waals surface area contributed by atoms with Crippen molar-refractivity contribution < 1.29 is 9.63 Å². The third-order valence-electron chi connectivity index (χ3n) is 2.41. The van der Waals surface area contributed by atoms with Crippen molar-refractivity contribution in [1.29, 1.82) is 0 Å². The van der Waals surface area contributed by atoms with Gasteiger partial charge in [0.1, 0.15) is 4.88 Å². The third kappa shape index (κ3) is 3.66. The summed E-state index contributed by atoms with van der Waals surface area (Å²) in [5.74, 6) is -0.205. The van der Waals surface area contributed by atoms with Crippen LogP contribution in [0.1, 0.15) is 30.4 Å². The summed E-state index contributed by atoms with van der Waals surface area (Å²) < 4.78 is 0. The van der Waals surface area contributed by atoms with Crippen molar-refractivity contribution in [3.8, 4) is 11.1 Å². The van der Waals surface area contributed by atoms with Crippen LogP contribution in [0.5, 0.6) is 0 Å². The van der Waals surface area contributed by atoms with Crippen molar-refractivity contribution in [3.63, 3.8) is 0 Å². The quantitative estimate of drug-likeness (QED) is 0.863. The van der Waals surface area contributed by atoms with Crippen LogP contribution in [0.15, 0.2) is 41.8 Å². The maximum atomic E-state index is 12.1. The molecule has 0 aliphatic heterocycles. The smallest absolute Gasteiger partial charge is 0.268 e. The highest BCUT2D eigenvalue weighted by Crippen LogP contribution is 2.28. The second-order valence-corrected chi connectivity index (χ2v) is 6.09. The SMILES string of the molecule is CC(C)(C)ONC(=O)c1sccc1-c1ccccc1. The third-order valence-corrected chi connectivity index (χ3v) is 3.32. The van der Waals surface area contributed by atoms with E-state index in [4.69, 9.17) is 4.84 Å². The van der Waals surface area contributed by atoms with Gasteiger partial charge in [0.25, 0.3) is 5.91 Å². The van der Waals surface area contributed by atoms with E-state index in [9.17, 15) is 4.79 Å². The van der Waals surface area contributed by atoms with Gasteiger partial charge < -0.3 is 0 Å². The minimum atomic E-state index is -0.403. The van der Waals surface area contributed by atoms with Crippen LogP contribution in [0.4, 0.5) is 0 Å². The molecule has 0 bridgehead atoms. The maximum absolute atomic E-state index is 12.1.